The Morgan fingerprint density at radius 3 is 2.15 bits per heavy atom. The predicted molar refractivity (Wildman–Crippen MR) is 44.3 cm³/mol. The first-order valence-electron chi connectivity index (χ1n) is 3.83. The normalized spacial score (nSPS) is 11.3. The molecule has 0 unspecified atom stereocenters. The first-order chi connectivity index (χ1) is 6.07. The predicted octanol–water partition coefficient (Wildman–Crippen LogP) is 0.245. The molecule has 0 heterocycles. The van der Waals surface area contributed by atoms with Crippen molar-refractivity contribution in [1.29, 1.82) is 0 Å². The van der Waals surface area contributed by atoms with Gasteiger partial charge >= 0.3 is 11.9 Å². The molecule has 5 nitrogen and oxygen atoms in total. The van der Waals surface area contributed by atoms with E-state index in [4.69, 9.17) is 15.3 Å². The third kappa shape index (κ3) is 5.86. The second kappa shape index (κ2) is 6.19. The van der Waals surface area contributed by atoms with E-state index in [0.29, 0.717) is 0 Å². The lowest BCUT2D eigenvalue weighted by Crippen LogP contribution is -2.04. The van der Waals surface area contributed by atoms with Crippen molar-refractivity contribution < 1.29 is 24.9 Å². The van der Waals surface area contributed by atoms with Crippen LogP contribution in [0.15, 0.2) is 11.6 Å². The molecule has 0 radical (unpaired) electrons. The molecule has 0 saturated heterocycles. The fourth-order valence-corrected chi connectivity index (χ4v) is 0.777. The summed E-state index contributed by atoms with van der Waals surface area (Å²) >= 11 is 0. The molecule has 0 aromatic rings. The minimum absolute atomic E-state index is 0.00926. The maximum absolute atomic E-state index is 10.5. The van der Waals surface area contributed by atoms with Crippen LogP contribution in [-0.2, 0) is 9.59 Å². The van der Waals surface area contributed by atoms with E-state index in [2.05, 4.69) is 0 Å². The summed E-state index contributed by atoms with van der Waals surface area (Å²) in [4.78, 5) is 20.6. The van der Waals surface area contributed by atoms with Gasteiger partial charge in [0.1, 0.15) is 0 Å². The van der Waals surface area contributed by atoms with Gasteiger partial charge in [0, 0.05) is 18.6 Å². The lowest BCUT2D eigenvalue weighted by molar-refractivity contribution is -0.137. The zero-order valence-corrected chi connectivity index (χ0v) is 7.06. The van der Waals surface area contributed by atoms with Crippen LogP contribution in [0.1, 0.15) is 19.3 Å². The second-order valence-electron chi connectivity index (χ2n) is 2.44. The van der Waals surface area contributed by atoms with Gasteiger partial charge in [0.15, 0.2) is 0 Å². The number of carbonyl (C=O) groups is 2. The number of aliphatic carboxylic acids is 2. The molecule has 0 aromatic heterocycles. The standard InChI is InChI=1S/C8H12O5/c9-5-1-2-6(8(12)13)3-4-7(10)11/h2,9H,1,3-5H2,(H,10,11)(H,12,13). The molecule has 0 aromatic carbocycles. The average molecular weight is 188 g/mol. The van der Waals surface area contributed by atoms with E-state index < -0.39 is 11.9 Å². The van der Waals surface area contributed by atoms with Gasteiger partial charge in [-0.1, -0.05) is 6.08 Å². The van der Waals surface area contributed by atoms with Crippen molar-refractivity contribution in [2.45, 2.75) is 19.3 Å². The highest BCUT2D eigenvalue weighted by molar-refractivity contribution is 5.87. The van der Waals surface area contributed by atoms with Crippen molar-refractivity contribution >= 4 is 11.9 Å². The maximum Gasteiger partial charge on any atom is 0.331 e. The molecule has 74 valence electrons. The van der Waals surface area contributed by atoms with Crippen LogP contribution in [0.25, 0.3) is 0 Å². The minimum Gasteiger partial charge on any atom is -0.481 e. The fourth-order valence-electron chi connectivity index (χ4n) is 0.777. The van der Waals surface area contributed by atoms with Gasteiger partial charge in [-0.05, 0) is 12.8 Å². The van der Waals surface area contributed by atoms with Crippen molar-refractivity contribution in [1.82, 2.24) is 0 Å². The molecule has 0 saturated carbocycles. The van der Waals surface area contributed by atoms with Crippen LogP contribution < -0.4 is 0 Å². The molecule has 3 N–H and O–H groups in total. The van der Waals surface area contributed by atoms with Crippen molar-refractivity contribution in [2.75, 3.05) is 6.61 Å². The van der Waals surface area contributed by atoms with Crippen LogP contribution in [0.3, 0.4) is 0 Å². The molecule has 0 atom stereocenters. The van der Waals surface area contributed by atoms with Crippen molar-refractivity contribution in [3.63, 3.8) is 0 Å². The molecule has 0 aliphatic rings. The minimum atomic E-state index is -1.13. The number of hydrogen-bond donors (Lipinski definition) is 3. The molecular weight excluding hydrogens is 176 g/mol. The Morgan fingerprint density at radius 1 is 1.15 bits per heavy atom. The van der Waals surface area contributed by atoms with Gasteiger partial charge in [-0.25, -0.2) is 4.79 Å². The molecule has 0 aliphatic carbocycles. The van der Waals surface area contributed by atoms with Gasteiger partial charge in [0.25, 0.3) is 0 Å². The lowest BCUT2D eigenvalue weighted by Gasteiger charge is -1.98. The number of carboxylic acid groups (broad SMARTS) is 2. The molecule has 5 heteroatoms. The van der Waals surface area contributed by atoms with Crippen molar-refractivity contribution in [3.05, 3.63) is 11.6 Å². The van der Waals surface area contributed by atoms with Crippen LogP contribution in [0.5, 0.6) is 0 Å². The summed E-state index contributed by atoms with van der Waals surface area (Å²) in [5.74, 6) is -2.16. The Kier molecular flexibility index (Phi) is 5.54. The summed E-state index contributed by atoms with van der Waals surface area (Å²) in [6.07, 6.45) is 1.36. The largest absolute Gasteiger partial charge is 0.481 e. The second-order valence-corrected chi connectivity index (χ2v) is 2.44. The third-order valence-electron chi connectivity index (χ3n) is 1.40. The van der Waals surface area contributed by atoms with Gasteiger partial charge in [-0.15, -0.1) is 0 Å². The van der Waals surface area contributed by atoms with Crippen LogP contribution in [0, 0.1) is 0 Å². The van der Waals surface area contributed by atoms with Gasteiger partial charge in [-0.3, -0.25) is 4.79 Å². The van der Waals surface area contributed by atoms with Gasteiger partial charge in [0.2, 0.25) is 0 Å². The summed E-state index contributed by atoms with van der Waals surface area (Å²) in [5.41, 5.74) is 0.0384. The summed E-state index contributed by atoms with van der Waals surface area (Å²) < 4.78 is 0. The Bertz CT molecular complexity index is 219. The maximum atomic E-state index is 10.5. The van der Waals surface area contributed by atoms with E-state index in [1.165, 1.54) is 6.08 Å². The SMILES string of the molecule is O=C(O)CCC(=CCCO)C(=O)O. The molecule has 0 fully saturated rings. The third-order valence-corrected chi connectivity index (χ3v) is 1.40. The summed E-state index contributed by atoms with van der Waals surface area (Å²) in [6.45, 7) is -0.135. The highest BCUT2D eigenvalue weighted by atomic mass is 16.4. The monoisotopic (exact) mass is 188 g/mol. The number of aliphatic hydroxyl groups is 1. The highest BCUT2D eigenvalue weighted by Gasteiger charge is 2.08. The molecule has 0 amide bonds. The van der Waals surface area contributed by atoms with Crippen LogP contribution in [0.2, 0.25) is 0 Å². The topological polar surface area (TPSA) is 94.8 Å². The number of carboxylic acids is 2. The Labute approximate surface area is 75.3 Å². The summed E-state index contributed by atoms with van der Waals surface area (Å²) in [7, 11) is 0. The molecule has 0 spiro atoms. The van der Waals surface area contributed by atoms with Crippen LogP contribution >= 0.6 is 0 Å². The van der Waals surface area contributed by atoms with Crippen molar-refractivity contribution in [3.8, 4) is 0 Å². The zero-order valence-electron chi connectivity index (χ0n) is 7.06. The molecule has 0 bridgehead atoms. The molecule has 0 rings (SSSR count). The van der Waals surface area contributed by atoms with E-state index >= 15 is 0 Å². The lowest BCUT2D eigenvalue weighted by atomic mass is 10.1. The van der Waals surface area contributed by atoms with E-state index in [-0.39, 0.29) is 31.4 Å². The van der Waals surface area contributed by atoms with E-state index in [0.717, 1.165) is 0 Å². The van der Waals surface area contributed by atoms with Crippen LogP contribution in [0.4, 0.5) is 0 Å². The van der Waals surface area contributed by atoms with Gasteiger partial charge < -0.3 is 15.3 Å². The number of rotatable bonds is 6. The first-order valence-corrected chi connectivity index (χ1v) is 3.83. The van der Waals surface area contributed by atoms with Crippen molar-refractivity contribution in [2.24, 2.45) is 0 Å². The van der Waals surface area contributed by atoms with Gasteiger partial charge in [0.05, 0.1) is 0 Å². The number of hydrogen-bond acceptors (Lipinski definition) is 3. The highest BCUT2D eigenvalue weighted by Crippen LogP contribution is 2.06. The average Bonchev–Trinajstić information content (AvgIpc) is 2.03. The molecular formula is C8H12O5. The van der Waals surface area contributed by atoms with Gasteiger partial charge in [-0.2, -0.15) is 0 Å². The fraction of sp³-hybridized carbons (Fsp3) is 0.500. The zero-order chi connectivity index (χ0) is 10.3. The van der Waals surface area contributed by atoms with E-state index in [9.17, 15) is 9.59 Å². The Morgan fingerprint density at radius 2 is 1.77 bits per heavy atom. The molecule has 13 heavy (non-hydrogen) atoms. The Balaban J connectivity index is 4.10. The van der Waals surface area contributed by atoms with E-state index in [1.807, 2.05) is 0 Å². The Hall–Kier alpha value is -1.36. The first kappa shape index (κ1) is 11.6. The van der Waals surface area contributed by atoms with E-state index in [1.54, 1.807) is 0 Å². The summed E-state index contributed by atoms with van der Waals surface area (Å²) in [6, 6.07) is 0. The smallest absolute Gasteiger partial charge is 0.331 e. The van der Waals surface area contributed by atoms with Crippen LogP contribution in [-0.4, -0.2) is 33.9 Å². The number of aliphatic hydroxyl groups excluding tert-OH is 1. The quantitative estimate of drug-likeness (QED) is 0.519. The molecule has 0 aliphatic heterocycles. The summed E-state index contributed by atoms with van der Waals surface area (Å²) in [5, 5.41) is 25.3.